The second kappa shape index (κ2) is 7.48. The first-order chi connectivity index (χ1) is 12.1. The maximum Gasteiger partial charge on any atom is 0.351 e. The summed E-state index contributed by atoms with van der Waals surface area (Å²) in [6.45, 7) is -0.598. The lowest BCUT2D eigenvalue weighted by atomic mass is 10.2. The minimum Gasteiger partial charge on any atom is -0.485 e. The van der Waals surface area contributed by atoms with E-state index in [0.717, 1.165) is 0 Å². The highest BCUT2D eigenvalue weighted by molar-refractivity contribution is 6.05. The van der Waals surface area contributed by atoms with Crippen LogP contribution in [0.25, 0.3) is 0 Å². The Morgan fingerprint density at radius 2 is 1.68 bits per heavy atom. The van der Waals surface area contributed by atoms with Crippen molar-refractivity contribution in [1.29, 1.82) is 0 Å². The smallest absolute Gasteiger partial charge is 0.351 e. The standard InChI is InChI=1S/C18H15NO6/c20-16(19-17(21)12-6-2-1-3-7-12)11-24-18(22)15-10-23-13-8-4-5-9-14(13)25-15/h1-9,15H,10-11H2,(H,19,20,21)/t15-/m0/s1. The van der Waals surface area contributed by atoms with Crippen LogP contribution in [0, 0.1) is 0 Å². The van der Waals surface area contributed by atoms with Crippen molar-refractivity contribution in [2.24, 2.45) is 0 Å². The van der Waals surface area contributed by atoms with Crippen LogP contribution in [0.5, 0.6) is 11.5 Å². The topological polar surface area (TPSA) is 90.9 Å². The molecule has 0 radical (unpaired) electrons. The van der Waals surface area contributed by atoms with E-state index in [1.807, 2.05) is 0 Å². The second-order valence-corrected chi connectivity index (χ2v) is 5.22. The van der Waals surface area contributed by atoms with Gasteiger partial charge < -0.3 is 14.2 Å². The maximum absolute atomic E-state index is 12.0. The first-order valence-electron chi connectivity index (χ1n) is 7.58. The lowest BCUT2D eigenvalue weighted by molar-refractivity contribution is -0.157. The molecule has 128 valence electrons. The molecule has 0 fully saturated rings. The summed E-state index contributed by atoms with van der Waals surface area (Å²) in [5.74, 6) is -1.05. The van der Waals surface area contributed by atoms with Crippen LogP contribution in [0.2, 0.25) is 0 Å². The number of hydrogen-bond acceptors (Lipinski definition) is 6. The Morgan fingerprint density at radius 3 is 2.44 bits per heavy atom. The molecule has 2 aromatic rings. The molecule has 0 spiro atoms. The molecule has 1 heterocycles. The van der Waals surface area contributed by atoms with Crippen molar-refractivity contribution >= 4 is 17.8 Å². The first kappa shape index (κ1) is 16.5. The van der Waals surface area contributed by atoms with E-state index >= 15 is 0 Å². The Kier molecular flexibility index (Phi) is 4.94. The number of para-hydroxylation sites is 2. The Labute approximate surface area is 143 Å². The van der Waals surface area contributed by atoms with Gasteiger partial charge in [0.25, 0.3) is 11.8 Å². The molecule has 1 N–H and O–H groups in total. The van der Waals surface area contributed by atoms with E-state index in [-0.39, 0.29) is 6.61 Å². The van der Waals surface area contributed by atoms with Gasteiger partial charge in [0.05, 0.1) is 0 Å². The number of carbonyl (C=O) groups is 3. The summed E-state index contributed by atoms with van der Waals surface area (Å²) >= 11 is 0. The van der Waals surface area contributed by atoms with Gasteiger partial charge >= 0.3 is 5.97 Å². The third-order valence-corrected chi connectivity index (χ3v) is 3.41. The summed E-state index contributed by atoms with van der Waals surface area (Å²) < 4.78 is 15.8. The normalized spacial score (nSPS) is 15.1. The van der Waals surface area contributed by atoms with Crippen LogP contribution in [0.4, 0.5) is 0 Å². The van der Waals surface area contributed by atoms with Gasteiger partial charge in [-0.25, -0.2) is 4.79 Å². The number of hydrogen-bond donors (Lipinski definition) is 1. The summed E-state index contributed by atoms with van der Waals surface area (Å²) in [7, 11) is 0. The zero-order chi connectivity index (χ0) is 17.6. The highest BCUT2D eigenvalue weighted by Crippen LogP contribution is 2.31. The molecule has 7 heteroatoms. The van der Waals surface area contributed by atoms with Crippen molar-refractivity contribution in [2.45, 2.75) is 6.10 Å². The van der Waals surface area contributed by atoms with Gasteiger partial charge in [0.2, 0.25) is 6.10 Å². The minimum absolute atomic E-state index is 0.0135. The van der Waals surface area contributed by atoms with E-state index in [0.29, 0.717) is 17.1 Å². The lowest BCUT2D eigenvalue weighted by Crippen LogP contribution is -2.40. The zero-order valence-electron chi connectivity index (χ0n) is 13.1. The van der Waals surface area contributed by atoms with Crippen LogP contribution < -0.4 is 14.8 Å². The average Bonchev–Trinajstić information content (AvgIpc) is 2.66. The zero-order valence-corrected chi connectivity index (χ0v) is 13.1. The predicted molar refractivity (Wildman–Crippen MR) is 86.2 cm³/mol. The van der Waals surface area contributed by atoms with Crippen LogP contribution in [0.3, 0.4) is 0 Å². The number of esters is 1. The molecule has 1 atom stereocenters. The molecule has 0 saturated carbocycles. The summed E-state index contributed by atoms with van der Waals surface area (Å²) in [6.07, 6.45) is -0.965. The van der Waals surface area contributed by atoms with Gasteiger partial charge in [-0.3, -0.25) is 14.9 Å². The van der Waals surface area contributed by atoms with Crippen LogP contribution in [-0.2, 0) is 14.3 Å². The monoisotopic (exact) mass is 341 g/mol. The molecular formula is C18H15NO6. The Morgan fingerprint density at radius 1 is 1.00 bits per heavy atom. The fourth-order valence-corrected chi connectivity index (χ4v) is 2.19. The molecule has 0 aliphatic carbocycles. The van der Waals surface area contributed by atoms with Crippen LogP contribution in [0.1, 0.15) is 10.4 Å². The van der Waals surface area contributed by atoms with Crippen LogP contribution in [0.15, 0.2) is 54.6 Å². The summed E-state index contributed by atoms with van der Waals surface area (Å²) in [6, 6.07) is 15.2. The predicted octanol–water partition coefficient (Wildman–Crippen LogP) is 1.33. The lowest BCUT2D eigenvalue weighted by Gasteiger charge is -2.24. The van der Waals surface area contributed by atoms with Crippen molar-refractivity contribution in [1.82, 2.24) is 5.32 Å². The molecule has 7 nitrogen and oxygen atoms in total. The SMILES string of the molecule is O=C(COC(=O)[C@@H]1COc2ccccc2O1)NC(=O)c1ccccc1. The number of nitrogens with one attached hydrogen (secondary N) is 1. The van der Waals surface area contributed by atoms with Gasteiger partial charge in [-0.1, -0.05) is 30.3 Å². The molecule has 0 aromatic heterocycles. The van der Waals surface area contributed by atoms with E-state index in [1.165, 1.54) is 0 Å². The Hall–Kier alpha value is -3.35. The second-order valence-electron chi connectivity index (χ2n) is 5.22. The van der Waals surface area contributed by atoms with E-state index < -0.39 is 30.5 Å². The van der Waals surface area contributed by atoms with E-state index in [1.54, 1.807) is 54.6 Å². The maximum atomic E-state index is 12.0. The quantitative estimate of drug-likeness (QED) is 0.844. The van der Waals surface area contributed by atoms with Crippen molar-refractivity contribution in [2.75, 3.05) is 13.2 Å². The van der Waals surface area contributed by atoms with Gasteiger partial charge in [-0.2, -0.15) is 0 Å². The molecule has 0 saturated heterocycles. The Balaban J connectivity index is 1.48. The largest absolute Gasteiger partial charge is 0.485 e. The third kappa shape index (κ3) is 4.14. The van der Waals surface area contributed by atoms with Gasteiger partial charge in [0.1, 0.15) is 6.61 Å². The molecule has 2 amide bonds. The molecule has 0 unspecified atom stereocenters. The van der Waals surface area contributed by atoms with Crippen molar-refractivity contribution in [3.05, 3.63) is 60.2 Å². The van der Waals surface area contributed by atoms with E-state index in [4.69, 9.17) is 14.2 Å². The number of imide groups is 1. The summed E-state index contributed by atoms with van der Waals surface area (Å²) in [5, 5.41) is 2.14. The molecule has 1 aliphatic rings. The summed E-state index contributed by atoms with van der Waals surface area (Å²) in [5.41, 5.74) is 0.336. The van der Waals surface area contributed by atoms with Crippen molar-refractivity contribution < 1.29 is 28.6 Å². The van der Waals surface area contributed by atoms with Gasteiger partial charge in [0.15, 0.2) is 18.1 Å². The molecular weight excluding hydrogens is 326 g/mol. The highest BCUT2D eigenvalue weighted by Gasteiger charge is 2.29. The van der Waals surface area contributed by atoms with Crippen LogP contribution >= 0.6 is 0 Å². The average molecular weight is 341 g/mol. The molecule has 2 aromatic carbocycles. The Bertz CT molecular complexity index is 789. The van der Waals surface area contributed by atoms with Crippen LogP contribution in [-0.4, -0.2) is 37.1 Å². The first-order valence-corrected chi connectivity index (χ1v) is 7.58. The number of benzene rings is 2. The third-order valence-electron chi connectivity index (χ3n) is 3.41. The number of amides is 2. The van der Waals surface area contributed by atoms with Gasteiger partial charge in [0, 0.05) is 5.56 Å². The van der Waals surface area contributed by atoms with Gasteiger partial charge in [-0.15, -0.1) is 0 Å². The number of ether oxygens (including phenoxy) is 3. The highest BCUT2D eigenvalue weighted by atomic mass is 16.6. The van der Waals surface area contributed by atoms with Gasteiger partial charge in [-0.05, 0) is 24.3 Å². The molecule has 25 heavy (non-hydrogen) atoms. The molecule has 1 aliphatic heterocycles. The fourth-order valence-electron chi connectivity index (χ4n) is 2.19. The molecule has 3 rings (SSSR count). The fraction of sp³-hybridized carbons (Fsp3) is 0.167. The van der Waals surface area contributed by atoms with E-state index in [2.05, 4.69) is 5.32 Å². The van der Waals surface area contributed by atoms with Crippen molar-refractivity contribution in [3.8, 4) is 11.5 Å². The number of fused-ring (bicyclic) bond motifs is 1. The number of rotatable bonds is 4. The summed E-state index contributed by atoms with van der Waals surface area (Å²) in [4.78, 5) is 35.5. The minimum atomic E-state index is -0.965. The van der Waals surface area contributed by atoms with Crippen molar-refractivity contribution in [3.63, 3.8) is 0 Å². The van der Waals surface area contributed by atoms with E-state index in [9.17, 15) is 14.4 Å². The number of carbonyl (C=O) groups excluding carboxylic acids is 3. The molecule has 0 bridgehead atoms.